The van der Waals surface area contributed by atoms with E-state index in [2.05, 4.69) is 35.6 Å². The molecule has 1 saturated heterocycles. The van der Waals surface area contributed by atoms with Crippen molar-refractivity contribution in [3.05, 3.63) is 22.4 Å². The van der Waals surface area contributed by atoms with Crippen LogP contribution in [0.2, 0.25) is 0 Å². The number of nitrogens with zero attached hydrogens (tertiary/aromatic N) is 2. The van der Waals surface area contributed by atoms with E-state index < -0.39 is 0 Å². The van der Waals surface area contributed by atoms with Crippen molar-refractivity contribution in [2.75, 3.05) is 26.7 Å². The van der Waals surface area contributed by atoms with Crippen LogP contribution in [-0.4, -0.2) is 48.4 Å². The van der Waals surface area contributed by atoms with Crippen LogP contribution in [0.25, 0.3) is 0 Å². The van der Waals surface area contributed by atoms with E-state index in [-0.39, 0.29) is 18.1 Å². The van der Waals surface area contributed by atoms with Gasteiger partial charge < -0.3 is 9.80 Å². The highest BCUT2D eigenvalue weighted by atomic mass is 32.1. The third-order valence-electron chi connectivity index (χ3n) is 3.45. The number of carbonyl (C=O) groups excluding carboxylic acids is 1. The van der Waals surface area contributed by atoms with Crippen molar-refractivity contribution in [1.82, 2.24) is 15.1 Å². The molecule has 0 spiro atoms. The first-order chi connectivity index (χ1) is 8.63. The molecule has 0 aromatic carbocycles. The number of nitrogens with one attached hydrogen (secondary N) is 1. The fourth-order valence-electron chi connectivity index (χ4n) is 2.13. The molecule has 2 unspecified atom stereocenters. The minimum atomic E-state index is -0.0796. The van der Waals surface area contributed by atoms with E-state index in [9.17, 15) is 4.79 Å². The zero-order chi connectivity index (χ0) is 13.1. The summed E-state index contributed by atoms with van der Waals surface area (Å²) in [6, 6.07) is 4.04. The number of rotatable bonds is 5. The van der Waals surface area contributed by atoms with E-state index >= 15 is 0 Å². The van der Waals surface area contributed by atoms with Gasteiger partial charge in [0.25, 0.3) is 0 Å². The van der Waals surface area contributed by atoms with Gasteiger partial charge in [0.2, 0.25) is 5.91 Å². The molecule has 0 bridgehead atoms. The van der Waals surface area contributed by atoms with E-state index in [4.69, 9.17) is 0 Å². The summed E-state index contributed by atoms with van der Waals surface area (Å²) in [5, 5.41) is 5.42. The van der Waals surface area contributed by atoms with Gasteiger partial charge in [0.15, 0.2) is 0 Å². The van der Waals surface area contributed by atoms with Crippen molar-refractivity contribution in [3.8, 4) is 0 Å². The minimum Gasteiger partial charge on any atom is -0.319 e. The van der Waals surface area contributed by atoms with E-state index in [1.807, 2.05) is 17.9 Å². The van der Waals surface area contributed by atoms with Gasteiger partial charge in [-0.25, -0.2) is 0 Å². The van der Waals surface area contributed by atoms with Crippen molar-refractivity contribution in [2.24, 2.45) is 0 Å². The van der Waals surface area contributed by atoms with E-state index in [1.54, 1.807) is 11.3 Å². The van der Waals surface area contributed by atoms with Gasteiger partial charge in [-0.05, 0) is 32.0 Å². The Morgan fingerprint density at radius 1 is 1.56 bits per heavy atom. The van der Waals surface area contributed by atoms with Crippen molar-refractivity contribution in [3.63, 3.8) is 0 Å². The smallest absolute Gasteiger partial charge is 0.241 e. The molecule has 1 aromatic rings. The average molecular weight is 267 g/mol. The van der Waals surface area contributed by atoms with Crippen LogP contribution in [0.1, 0.15) is 24.9 Å². The molecular formula is C13H21N3OS. The molecule has 18 heavy (non-hydrogen) atoms. The quantitative estimate of drug-likeness (QED) is 0.878. The first kappa shape index (κ1) is 13.5. The molecule has 1 aromatic heterocycles. The van der Waals surface area contributed by atoms with E-state index in [0.717, 1.165) is 19.6 Å². The SMILES string of the molecule is CCN(C)CCN1C(=O)C(C)NC1c1cccs1. The number of hydrogen-bond donors (Lipinski definition) is 1. The van der Waals surface area contributed by atoms with Gasteiger partial charge in [-0.3, -0.25) is 10.1 Å². The minimum absolute atomic E-state index is 0.0535. The average Bonchev–Trinajstić information content (AvgIpc) is 2.97. The van der Waals surface area contributed by atoms with Crippen LogP contribution < -0.4 is 5.32 Å². The predicted molar refractivity (Wildman–Crippen MR) is 74.5 cm³/mol. The topological polar surface area (TPSA) is 35.6 Å². The maximum atomic E-state index is 12.2. The number of hydrogen-bond acceptors (Lipinski definition) is 4. The summed E-state index contributed by atoms with van der Waals surface area (Å²) in [5.41, 5.74) is 0. The van der Waals surface area contributed by atoms with Gasteiger partial charge in [-0.2, -0.15) is 0 Å². The second-order valence-corrected chi connectivity index (χ2v) is 5.71. The normalized spacial score (nSPS) is 24.2. The molecule has 2 heterocycles. The highest BCUT2D eigenvalue weighted by Crippen LogP contribution is 2.28. The Hall–Kier alpha value is -0.910. The van der Waals surface area contributed by atoms with Crippen molar-refractivity contribution < 1.29 is 4.79 Å². The van der Waals surface area contributed by atoms with Gasteiger partial charge >= 0.3 is 0 Å². The Morgan fingerprint density at radius 2 is 2.33 bits per heavy atom. The monoisotopic (exact) mass is 267 g/mol. The zero-order valence-electron chi connectivity index (χ0n) is 11.2. The second kappa shape index (κ2) is 5.82. The molecule has 1 aliphatic heterocycles. The third-order valence-corrected chi connectivity index (χ3v) is 4.37. The van der Waals surface area contributed by atoms with Gasteiger partial charge in [-0.15, -0.1) is 11.3 Å². The van der Waals surface area contributed by atoms with Crippen LogP contribution in [0, 0.1) is 0 Å². The molecule has 0 aliphatic carbocycles. The lowest BCUT2D eigenvalue weighted by Gasteiger charge is -2.25. The van der Waals surface area contributed by atoms with Crippen molar-refractivity contribution in [2.45, 2.75) is 26.1 Å². The zero-order valence-corrected chi connectivity index (χ0v) is 12.0. The number of likely N-dealkylation sites (N-methyl/N-ethyl adjacent to an activating group) is 1. The first-order valence-electron chi connectivity index (χ1n) is 6.42. The summed E-state index contributed by atoms with van der Waals surface area (Å²) in [6.07, 6.45) is 0.0535. The number of carbonyl (C=O) groups is 1. The molecule has 0 saturated carbocycles. The highest BCUT2D eigenvalue weighted by Gasteiger charge is 2.37. The Labute approximate surface area is 113 Å². The fraction of sp³-hybridized carbons (Fsp3) is 0.615. The molecule has 4 nitrogen and oxygen atoms in total. The maximum absolute atomic E-state index is 12.2. The standard InChI is InChI=1S/C13H21N3OS/c1-4-15(3)7-8-16-12(11-6-5-9-18-11)14-10(2)13(16)17/h5-6,9-10,12,14H,4,7-8H2,1-3H3. The summed E-state index contributed by atoms with van der Waals surface area (Å²) in [5.74, 6) is 0.206. The Kier molecular flexibility index (Phi) is 4.37. The molecule has 1 fully saturated rings. The van der Waals surface area contributed by atoms with E-state index in [0.29, 0.717) is 0 Å². The summed E-state index contributed by atoms with van der Waals surface area (Å²) < 4.78 is 0. The molecule has 2 atom stereocenters. The lowest BCUT2D eigenvalue weighted by atomic mass is 10.3. The van der Waals surface area contributed by atoms with Crippen LogP contribution >= 0.6 is 11.3 Å². The van der Waals surface area contributed by atoms with Gasteiger partial charge in [0, 0.05) is 18.0 Å². The fourth-order valence-corrected chi connectivity index (χ4v) is 2.93. The summed E-state index contributed by atoms with van der Waals surface area (Å²) in [7, 11) is 2.08. The molecule has 1 N–H and O–H groups in total. The maximum Gasteiger partial charge on any atom is 0.241 e. The van der Waals surface area contributed by atoms with Crippen molar-refractivity contribution in [1.29, 1.82) is 0 Å². The van der Waals surface area contributed by atoms with Gasteiger partial charge in [-0.1, -0.05) is 13.0 Å². The third kappa shape index (κ3) is 2.74. The molecule has 100 valence electrons. The summed E-state index contributed by atoms with van der Waals surface area (Å²) in [4.78, 5) is 17.6. The first-order valence-corrected chi connectivity index (χ1v) is 7.30. The summed E-state index contributed by atoms with van der Waals surface area (Å²) in [6.45, 7) is 6.77. The summed E-state index contributed by atoms with van der Waals surface area (Å²) >= 11 is 1.70. The van der Waals surface area contributed by atoms with Crippen LogP contribution in [-0.2, 0) is 4.79 Å². The highest BCUT2D eigenvalue weighted by molar-refractivity contribution is 7.10. The second-order valence-electron chi connectivity index (χ2n) is 4.73. The molecule has 5 heteroatoms. The van der Waals surface area contributed by atoms with Crippen molar-refractivity contribution >= 4 is 17.2 Å². The van der Waals surface area contributed by atoms with Gasteiger partial charge in [0.1, 0.15) is 6.17 Å². The number of amides is 1. The predicted octanol–water partition coefficient (Wildman–Crippen LogP) is 1.52. The largest absolute Gasteiger partial charge is 0.319 e. The molecule has 0 radical (unpaired) electrons. The van der Waals surface area contributed by atoms with Crippen LogP contribution in [0.3, 0.4) is 0 Å². The van der Waals surface area contributed by atoms with Crippen LogP contribution in [0.5, 0.6) is 0 Å². The van der Waals surface area contributed by atoms with Crippen LogP contribution in [0.4, 0.5) is 0 Å². The molecular weight excluding hydrogens is 246 g/mol. The van der Waals surface area contributed by atoms with Crippen LogP contribution in [0.15, 0.2) is 17.5 Å². The Bertz CT molecular complexity index is 393. The Morgan fingerprint density at radius 3 is 2.94 bits per heavy atom. The lowest BCUT2D eigenvalue weighted by molar-refractivity contribution is -0.130. The lowest BCUT2D eigenvalue weighted by Crippen LogP contribution is -2.37. The van der Waals surface area contributed by atoms with E-state index in [1.165, 1.54) is 4.88 Å². The Balaban J connectivity index is 2.06. The molecule has 2 rings (SSSR count). The van der Waals surface area contributed by atoms with Gasteiger partial charge in [0.05, 0.1) is 6.04 Å². The number of thiophene rings is 1. The molecule has 1 amide bonds. The molecule has 1 aliphatic rings.